The predicted octanol–water partition coefficient (Wildman–Crippen LogP) is 3.86. The van der Waals surface area contributed by atoms with Gasteiger partial charge in [0.25, 0.3) is 0 Å². The van der Waals surface area contributed by atoms with E-state index in [-0.39, 0.29) is 5.91 Å². The first-order valence-electron chi connectivity index (χ1n) is 9.77. The molecule has 3 rings (SSSR count). The number of amides is 1. The molecule has 0 radical (unpaired) electrons. The highest BCUT2D eigenvalue weighted by atomic mass is 35.5. The maximum atomic E-state index is 12.9. The molecule has 0 spiro atoms. The Morgan fingerprint density at radius 3 is 2.54 bits per heavy atom. The molecule has 1 aliphatic heterocycles. The van der Waals surface area contributed by atoms with E-state index in [0.29, 0.717) is 31.0 Å². The SMILES string of the molecule is O=C(CCCOc1ccccc1)N(CCN1CCOCC1)c1ccccc1Cl. The van der Waals surface area contributed by atoms with Crippen LogP contribution in [-0.4, -0.2) is 56.8 Å². The lowest BCUT2D eigenvalue weighted by molar-refractivity contribution is -0.118. The standard InChI is InChI=1S/C22H27ClN2O3/c23-20-9-4-5-10-21(20)25(13-12-24-14-17-27-18-15-24)22(26)11-6-16-28-19-7-2-1-3-8-19/h1-5,7-10H,6,11-18H2. The van der Waals surface area contributed by atoms with Gasteiger partial charge in [-0.25, -0.2) is 0 Å². The molecule has 0 aromatic heterocycles. The van der Waals surface area contributed by atoms with Gasteiger partial charge in [-0.2, -0.15) is 0 Å². The molecule has 0 unspecified atom stereocenters. The Kier molecular flexibility index (Phi) is 8.15. The number of anilines is 1. The van der Waals surface area contributed by atoms with Crippen molar-refractivity contribution in [3.05, 3.63) is 59.6 Å². The first-order valence-corrected chi connectivity index (χ1v) is 10.1. The van der Waals surface area contributed by atoms with Crippen molar-refractivity contribution >= 4 is 23.2 Å². The maximum absolute atomic E-state index is 12.9. The Morgan fingerprint density at radius 1 is 1.07 bits per heavy atom. The second-order valence-corrected chi connectivity index (χ2v) is 7.12. The molecule has 0 bridgehead atoms. The summed E-state index contributed by atoms with van der Waals surface area (Å²) >= 11 is 6.37. The van der Waals surface area contributed by atoms with Gasteiger partial charge in [-0.15, -0.1) is 0 Å². The van der Waals surface area contributed by atoms with Gasteiger partial charge < -0.3 is 14.4 Å². The number of carbonyl (C=O) groups excluding carboxylic acids is 1. The summed E-state index contributed by atoms with van der Waals surface area (Å²) in [5.74, 6) is 0.892. The molecular formula is C22H27ClN2O3. The molecule has 1 heterocycles. The maximum Gasteiger partial charge on any atom is 0.227 e. The third-order valence-electron chi connectivity index (χ3n) is 4.73. The van der Waals surface area contributed by atoms with Gasteiger partial charge >= 0.3 is 0 Å². The van der Waals surface area contributed by atoms with Gasteiger partial charge in [-0.05, 0) is 30.7 Å². The lowest BCUT2D eigenvalue weighted by Gasteiger charge is -2.30. The van der Waals surface area contributed by atoms with Crippen LogP contribution in [0, 0.1) is 0 Å². The minimum Gasteiger partial charge on any atom is -0.494 e. The molecule has 0 aliphatic carbocycles. The van der Waals surface area contributed by atoms with Crippen molar-refractivity contribution in [1.29, 1.82) is 0 Å². The number of benzene rings is 2. The zero-order valence-corrected chi connectivity index (χ0v) is 16.8. The van der Waals surface area contributed by atoms with Gasteiger partial charge in [-0.3, -0.25) is 9.69 Å². The topological polar surface area (TPSA) is 42.0 Å². The highest BCUT2D eigenvalue weighted by molar-refractivity contribution is 6.33. The number of para-hydroxylation sites is 2. The first kappa shape index (κ1) is 20.6. The zero-order valence-electron chi connectivity index (χ0n) is 16.1. The number of hydrogen-bond donors (Lipinski definition) is 0. The Balaban J connectivity index is 1.55. The smallest absolute Gasteiger partial charge is 0.227 e. The third kappa shape index (κ3) is 6.23. The molecule has 1 aliphatic rings. The summed E-state index contributed by atoms with van der Waals surface area (Å²) in [6.45, 7) is 5.22. The Labute approximate surface area is 171 Å². The van der Waals surface area contributed by atoms with E-state index in [0.717, 1.165) is 44.3 Å². The summed E-state index contributed by atoms with van der Waals surface area (Å²) in [4.78, 5) is 17.1. The van der Waals surface area contributed by atoms with E-state index in [1.54, 1.807) is 4.90 Å². The Morgan fingerprint density at radius 2 is 1.79 bits per heavy atom. The van der Waals surface area contributed by atoms with Gasteiger partial charge in [0, 0.05) is 32.6 Å². The van der Waals surface area contributed by atoms with Crippen LogP contribution in [0.25, 0.3) is 0 Å². The molecular weight excluding hydrogens is 376 g/mol. The van der Waals surface area contributed by atoms with Crippen LogP contribution in [0.1, 0.15) is 12.8 Å². The van der Waals surface area contributed by atoms with E-state index in [1.807, 2.05) is 54.6 Å². The lowest BCUT2D eigenvalue weighted by Crippen LogP contribution is -2.43. The average Bonchev–Trinajstić information content (AvgIpc) is 2.74. The third-order valence-corrected chi connectivity index (χ3v) is 5.05. The van der Waals surface area contributed by atoms with Crippen molar-refractivity contribution in [3.8, 4) is 5.75 Å². The first-order chi connectivity index (χ1) is 13.7. The average molecular weight is 403 g/mol. The number of ether oxygens (including phenoxy) is 2. The monoisotopic (exact) mass is 402 g/mol. The molecule has 0 N–H and O–H groups in total. The number of hydrogen-bond acceptors (Lipinski definition) is 4. The molecule has 28 heavy (non-hydrogen) atoms. The molecule has 1 amide bonds. The minimum atomic E-state index is 0.0676. The van der Waals surface area contributed by atoms with Gasteiger partial charge in [0.2, 0.25) is 5.91 Å². The van der Waals surface area contributed by atoms with Crippen LogP contribution in [-0.2, 0) is 9.53 Å². The predicted molar refractivity (Wildman–Crippen MR) is 112 cm³/mol. The van der Waals surface area contributed by atoms with Gasteiger partial charge in [0.15, 0.2) is 0 Å². The zero-order chi connectivity index (χ0) is 19.6. The van der Waals surface area contributed by atoms with E-state index in [9.17, 15) is 4.79 Å². The largest absolute Gasteiger partial charge is 0.494 e. The number of carbonyl (C=O) groups is 1. The summed E-state index contributed by atoms with van der Waals surface area (Å²) < 4.78 is 11.1. The normalized spacial score (nSPS) is 14.6. The van der Waals surface area contributed by atoms with Gasteiger partial charge in [0.1, 0.15) is 5.75 Å². The lowest BCUT2D eigenvalue weighted by atomic mass is 10.2. The van der Waals surface area contributed by atoms with Crippen molar-refractivity contribution in [2.75, 3.05) is 50.9 Å². The molecule has 150 valence electrons. The molecule has 5 nitrogen and oxygen atoms in total. The number of rotatable bonds is 9. The number of nitrogens with zero attached hydrogens (tertiary/aromatic N) is 2. The van der Waals surface area contributed by atoms with Crippen LogP contribution >= 0.6 is 11.6 Å². The van der Waals surface area contributed by atoms with Crippen LogP contribution in [0.15, 0.2) is 54.6 Å². The highest BCUT2D eigenvalue weighted by Crippen LogP contribution is 2.26. The molecule has 0 atom stereocenters. The van der Waals surface area contributed by atoms with Gasteiger partial charge in [0.05, 0.1) is 30.5 Å². The van der Waals surface area contributed by atoms with Crippen molar-refractivity contribution in [2.24, 2.45) is 0 Å². The van der Waals surface area contributed by atoms with Crippen molar-refractivity contribution < 1.29 is 14.3 Å². The highest BCUT2D eigenvalue weighted by Gasteiger charge is 2.20. The summed E-state index contributed by atoms with van der Waals surface area (Å²) in [5.41, 5.74) is 0.770. The van der Waals surface area contributed by atoms with Crippen LogP contribution in [0.5, 0.6) is 5.75 Å². The molecule has 1 fully saturated rings. The molecule has 2 aromatic rings. The molecule has 6 heteroatoms. The van der Waals surface area contributed by atoms with Crippen LogP contribution in [0.4, 0.5) is 5.69 Å². The van der Waals surface area contributed by atoms with Crippen LogP contribution in [0.2, 0.25) is 5.02 Å². The molecule has 0 saturated carbocycles. The Bertz CT molecular complexity index is 736. The summed E-state index contributed by atoms with van der Waals surface area (Å²) in [6, 6.07) is 17.2. The summed E-state index contributed by atoms with van der Waals surface area (Å²) in [6.07, 6.45) is 1.08. The van der Waals surface area contributed by atoms with Crippen LogP contribution in [0.3, 0.4) is 0 Å². The summed E-state index contributed by atoms with van der Waals surface area (Å²) in [7, 11) is 0. The fourth-order valence-electron chi connectivity index (χ4n) is 3.18. The van der Waals surface area contributed by atoms with E-state index in [1.165, 1.54) is 0 Å². The second-order valence-electron chi connectivity index (χ2n) is 6.72. The van der Waals surface area contributed by atoms with Crippen LogP contribution < -0.4 is 9.64 Å². The summed E-state index contributed by atoms with van der Waals surface area (Å²) in [5, 5.41) is 0.596. The fraction of sp³-hybridized carbons (Fsp3) is 0.409. The van der Waals surface area contributed by atoms with E-state index >= 15 is 0 Å². The van der Waals surface area contributed by atoms with Crippen molar-refractivity contribution in [1.82, 2.24) is 4.90 Å². The molecule has 2 aromatic carbocycles. The van der Waals surface area contributed by atoms with Crippen molar-refractivity contribution in [2.45, 2.75) is 12.8 Å². The fourth-order valence-corrected chi connectivity index (χ4v) is 3.42. The minimum absolute atomic E-state index is 0.0676. The van der Waals surface area contributed by atoms with E-state index in [4.69, 9.17) is 21.1 Å². The Hall–Kier alpha value is -2.08. The number of morpholine rings is 1. The molecule has 1 saturated heterocycles. The second kappa shape index (κ2) is 11.1. The quantitative estimate of drug-likeness (QED) is 0.597. The van der Waals surface area contributed by atoms with E-state index < -0.39 is 0 Å². The van der Waals surface area contributed by atoms with Gasteiger partial charge in [-0.1, -0.05) is 41.9 Å². The number of halogens is 1. The van der Waals surface area contributed by atoms with E-state index in [2.05, 4.69) is 4.90 Å². The van der Waals surface area contributed by atoms with Crippen molar-refractivity contribution in [3.63, 3.8) is 0 Å².